The molecule has 0 aromatic rings. The van der Waals surface area contributed by atoms with E-state index in [9.17, 15) is 4.79 Å². The molecule has 0 aliphatic rings. The SMILES string of the molecule is CCCCCCCCCC(CCC)C(=O)OC(C)(C)C. The van der Waals surface area contributed by atoms with Gasteiger partial charge in [0.2, 0.25) is 0 Å². The summed E-state index contributed by atoms with van der Waals surface area (Å²) in [6.45, 7) is 10.2. The molecule has 0 aromatic heterocycles. The second-order valence-corrected chi connectivity index (χ2v) is 6.93. The third-order valence-corrected chi connectivity index (χ3v) is 3.53. The van der Waals surface area contributed by atoms with Crippen molar-refractivity contribution >= 4 is 5.97 Å². The van der Waals surface area contributed by atoms with Gasteiger partial charge in [0.05, 0.1) is 5.92 Å². The fourth-order valence-corrected chi connectivity index (χ4v) is 2.46. The van der Waals surface area contributed by atoms with Crippen molar-refractivity contribution in [2.24, 2.45) is 5.92 Å². The summed E-state index contributed by atoms with van der Waals surface area (Å²) in [7, 11) is 0. The van der Waals surface area contributed by atoms with E-state index in [-0.39, 0.29) is 17.5 Å². The number of unbranched alkanes of at least 4 members (excludes halogenated alkanes) is 6. The van der Waals surface area contributed by atoms with Gasteiger partial charge in [-0.15, -0.1) is 0 Å². The Kier molecular flexibility index (Phi) is 10.9. The van der Waals surface area contributed by atoms with E-state index in [4.69, 9.17) is 4.74 Å². The van der Waals surface area contributed by atoms with Crippen molar-refractivity contribution in [2.75, 3.05) is 0 Å². The Balaban J connectivity index is 3.88. The molecule has 2 heteroatoms. The summed E-state index contributed by atoms with van der Waals surface area (Å²) in [6, 6.07) is 0. The molecule has 0 bridgehead atoms. The normalized spacial score (nSPS) is 13.2. The van der Waals surface area contributed by atoms with Crippen LogP contribution < -0.4 is 0 Å². The van der Waals surface area contributed by atoms with E-state index in [1.165, 1.54) is 38.5 Å². The standard InChI is InChI=1S/C18H36O2/c1-6-8-9-10-11-12-13-15-16(14-7-2)17(19)20-18(3,4)5/h16H,6-15H2,1-5H3. The molecule has 0 aliphatic carbocycles. The largest absolute Gasteiger partial charge is 0.460 e. The van der Waals surface area contributed by atoms with Gasteiger partial charge in [0.1, 0.15) is 5.60 Å². The fraction of sp³-hybridized carbons (Fsp3) is 0.944. The number of ether oxygens (including phenoxy) is 1. The first-order valence-corrected chi connectivity index (χ1v) is 8.63. The fourth-order valence-electron chi connectivity index (χ4n) is 2.46. The van der Waals surface area contributed by atoms with Crippen LogP contribution >= 0.6 is 0 Å². The molecule has 0 saturated heterocycles. The van der Waals surface area contributed by atoms with Crippen LogP contribution in [0.25, 0.3) is 0 Å². The van der Waals surface area contributed by atoms with Crippen LogP contribution in [0.1, 0.15) is 98.8 Å². The highest BCUT2D eigenvalue weighted by atomic mass is 16.6. The van der Waals surface area contributed by atoms with E-state index < -0.39 is 0 Å². The lowest BCUT2D eigenvalue weighted by molar-refractivity contribution is -0.160. The highest BCUT2D eigenvalue weighted by Crippen LogP contribution is 2.21. The van der Waals surface area contributed by atoms with Gasteiger partial charge < -0.3 is 4.74 Å². The third kappa shape index (κ3) is 11.3. The number of hydrogen-bond acceptors (Lipinski definition) is 2. The minimum Gasteiger partial charge on any atom is -0.460 e. The van der Waals surface area contributed by atoms with Crippen LogP contribution in [-0.4, -0.2) is 11.6 Å². The number of hydrogen-bond donors (Lipinski definition) is 0. The average Bonchev–Trinajstić information content (AvgIpc) is 2.34. The van der Waals surface area contributed by atoms with Crippen LogP contribution in [0.5, 0.6) is 0 Å². The van der Waals surface area contributed by atoms with Crippen LogP contribution in [-0.2, 0) is 9.53 Å². The smallest absolute Gasteiger partial charge is 0.309 e. The lowest BCUT2D eigenvalue weighted by Gasteiger charge is -2.23. The lowest BCUT2D eigenvalue weighted by atomic mass is 9.95. The molecule has 1 unspecified atom stereocenters. The van der Waals surface area contributed by atoms with Crippen LogP contribution in [0.3, 0.4) is 0 Å². The van der Waals surface area contributed by atoms with Crippen LogP contribution in [0.15, 0.2) is 0 Å². The topological polar surface area (TPSA) is 26.3 Å². The number of esters is 1. The molecule has 20 heavy (non-hydrogen) atoms. The molecule has 0 heterocycles. The van der Waals surface area contributed by atoms with Crippen LogP contribution in [0, 0.1) is 5.92 Å². The maximum absolute atomic E-state index is 12.1. The molecular formula is C18H36O2. The number of carbonyl (C=O) groups excluding carboxylic acids is 1. The van der Waals surface area contributed by atoms with Gasteiger partial charge in [0.15, 0.2) is 0 Å². The second kappa shape index (κ2) is 11.2. The summed E-state index contributed by atoms with van der Waals surface area (Å²) < 4.78 is 5.52. The first kappa shape index (κ1) is 19.5. The molecule has 0 aliphatic heterocycles. The molecular weight excluding hydrogens is 248 g/mol. The highest BCUT2D eigenvalue weighted by molar-refractivity contribution is 5.72. The minimum absolute atomic E-state index is 0.00494. The van der Waals surface area contributed by atoms with Crippen LogP contribution in [0.2, 0.25) is 0 Å². The number of rotatable bonds is 11. The Hall–Kier alpha value is -0.530. The Labute approximate surface area is 126 Å². The van der Waals surface area contributed by atoms with Gasteiger partial charge in [0.25, 0.3) is 0 Å². The van der Waals surface area contributed by atoms with Crippen molar-refractivity contribution in [2.45, 2.75) is 104 Å². The summed E-state index contributed by atoms with van der Waals surface area (Å²) in [5.41, 5.74) is -0.358. The Bertz CT molecular complexity index is 240. The van der Waals surface area contributed by atoms with Gasteiger partial charge in [-0.2, -0.15) is 0 Å². The third-order valence-electron chi connectivity index (χ3n) is 3.53. The first-order chi connectivity index (χ1) is 9.40. The monoisotopic (exact) mass is 284 g/mol. The summed E-state index contributed by atoms with van der Waals surface area (Å²) in [5, 5.41) is 0. The zero-order valence-electron chi connectivity index (χ0n) is 14.5. The Morgan fingerprint density at radius 1 is 0.850 bits per heavy atom. The van der Waals surface area contributed by atoms with Gasteiger partial charge in [-0.05, 0) is 33.6 Å². The summed E-state index contributed by atoms with van der Waals surface area (Å²) in [6.07, 6.45) is 12.1. The molecule has 0 spiro atoms. The molecule has 120 valence electrons. The predicted octanol–water partition coefficient (Wildman–Crippen LogP) is 5.89. The molecule has 0 saturated carbocycles. The molecule has 0 amide bonds. The predicted molar refractivity (Wildman–Crippen MR) is 86.9 cm³/mol. The quantitative estimate of drug-likeness (QED) is 0.349. The summed E-state index contributed by atoms with van der Waals surface area (Å²) in [5.74, 6) is 0.111. The highest BCUT2D eigenvalue weighted by Gasteiger charge is 2.23. The maximum Gasteiger partial charge on any atom is 0.309 e. The Morgan fingerprint density at radius 2 is 1.40 bits per heavy atom. The zero-order valence-corrected chi connectivity index (χ0v) is 14.5. The van der Waals surface area contributed by atoms with E-state index >= 15 is 0 Å². The minimum atomic E-state index is -0.358. The molecule has 0 aromatic carbocycles. The van der Waals surface area contributed by atoms with Crippen LogP contribution in [0.4, 0.5) is 0 Å². The first-order valence-electron chi connectivity index (χ1n) is 8.63. The average molecular weight is 284 g/mol. The summed E-state index contributed by atoms with van der Waals surface area (Å²) in [4.78, 5) is 12.1. The van der Waals surface area contributed by atoms with Gasteiger partial charge in [-0.25, -0.2) is 0 Å². The molecule has 2 nitrogen and oxygen atoms in total. The van der Waals surface area contributed by atoms with E-state index in [1.54, 1.807) is 0 Å². The zero-order chi connectivity index (χ0) is 15.4. The van der Waals surface area contributed by atoms with E-state index in [2.05, 4.69) is 13.8 Å². The molecule has 0 N–H and O–H groups in total. The molecule has 0 radical (unpaired) electrons. The van der Waals surface area contributed by atoms with Gasteiger partial charge in [-0.1, -0.05) is 65.2 Å². The van der Waals surface area contributed by atoms with Gasteiger partial charge in [0, 0.05) is 0 Å². The molecule has 0 fully saturated rings. The summed E-state index contributed by atoms with van der Waals surface area (Å²) >= 11 is 0. The molecule has 1 atom stereocenters. The van der Waals surface area contributed by atoms with Crippen molar-refractivity contribution in [3.05, 3.63) is 0 Å². The van der Waals surface area contributed by atoms with Crippen molar-refractivity contribution in [3.8, 4) is 0 Å². The van der Waals surface area contributed by atoms with E-state index in [0.717, 1.165) is 25.7 Å². The molecule has 0 rings (SSSR count). The van der Waals surface area contributed by atoms with Crippen molar-refractivity contribution in [1.82, 2.24) is 0 Å². The van der Waals surface area contributed by atoms with Crippen molar-refractivity contribution < 1.29 is 9.53 Å². The van der Waals surface area contributed by atoms with Crippen molar-refractivity contribution in [3.63, 3.8) is 0 Å². The lowest BCUT2D eigenvalue weighted by Crippen LogP contribution is -2.28. The van der Waals surface area contributed by atoms with Gasteiger partial charge in [-0.3, -0.25) is 4.79 Å². The van der Waals surface area contributed by atoms with E-state index in [0.29, 0.717) is 0 Å². The van der Waals surface area contributed by atoms with E-state index in [1.807, 2.05) is 20.8 Å². The Morgan fingerprint density at radius 3 is 1.90 bits per heavy atom. The second-order valence-electron chi connectivity index (χ2n) is 6.93. The van der Waals surface area contributed by atoms with Crippen molar-refractivity contribution in [1.29, 1.82) is 0 Å². The maximum atomic E-state index is 12.1. The number of carbonyl (C=O) groups is 1. The van der Waals surface area contributed by atoms with Gasteiger partial charge >= 0.3 is 5.97 Å².